The second-order valence-electron chi connectivity index (χ2n) is 5.07. The minimum Gasteiger partial charge on any atom is -0.299 e. The van der Waals surface area contributed by atoms with Crippen molar-refractivity contribution in [2.24, 2.45) is 5.92 Å². The lowest BCUT2D eigenvalue weighted by atomic mass is 9.91. The summed E-state index contributed by atoms with van der Waals surface area (Å²) in [4.78, 5) is 12.3. The molecular weight excluding hydrogens is 267 g/mol. The van der Waals surface area contributed by atoms with E-state index in [9.17, 15) is 4.79 Å². The van der Waals surface area contributed by atoms with Gasteiger partial charge in [-0.15, -0.1) is 0 Å². The summed E-state index contributed by atoms with van der Waals surface area (Å²) in [6.45, 7) is 0. The normalized spacial score (nSPS) is 17.4. The summed E-state index contributed by atoms with van der Waals surface area (Å²) in [6.07, 6.45) is 7.45. The zero-order chi connectivity index (χ0) is 13.0. The maximum absolute atomic E-state index is 12.3. The van der Waals surface area contributed by atoms with Crippen LogP contribution in [0.15, 0.2) is 18.2 Å². The molecule has 0 aromatic heterocycles. The summed E-state index contributed by atoms with van der Waals surface area (Å²) in [7, 11) is 0. The van der Waals surface area contributed by atoms with Gasteiger partial charge in [-0.2, -0.15) is 0 Å². The molecule has 0 bridgehead atoms. The van der Waals surface area contributed by atoms with E-state index in [2.05, 4.69) is 0 Å². The number of benzene rings is 1. The third-order valence-corrected chi connectivity index (χ3v) is 4.28. The number of halogens is 2. The summed E-state index contributed by atoms with van der Waals surface area (Å²) in [6, 6.07) is 5.36. The highest BCUT2D eigenvalue weighted by Crippen LogP contribution is 2.27. The molecule has 1 nitrogen and oxygen atoms in total. The van der Waals surface area contributed by atoms with Gasteiger partial charge in [-0.25, -0.2) is 0 Å². The van der Waals surface area contributed by atoms with E-state index in [1.54, 1.807) is 12.1 Å². The molecule has 1 aliphatic carbocycles. The van der Waals surface area contributed by atoms with E-state index in [0.29, 0.717) is 22.2 Å². The quantitative estimate of drug-likeness (QED) is 0.708. The van der Waals surface area contributed by atoms with E-state index >= 15 is 0 Å². The van der Waals surface area contributed by atoms with E-state index in [-0.39, 0.29) is 5.92 Å². The van der Waals surface area contributed by atoms with Gasteiger partial charge in [0.25, 0.3) is 0 Å². The molecule has 0 radical (unpaired) electrons. The van der Waals surface area contributed by atoms with Gasteiger partial charge in [-0.3, -0.25) is 4.79 Å². The molecule has 0 aliphatic heterocycles. The highest BCUT2D eigenvalue weighted by atomic mass is 35.5. The molecule has 1 aliphatic rings. The van der Waals surface area contributed by atoms with E-state index in [4.69, 9.17) is 23.2 Å². The highest BCUT2D eigenvalue weighted by molar-refractivity contribution is 6.35. The predicted octanol–water partition coefficient (Wildman–Crippen LogP) is 5.08. The Balaban J connectivity index is 2.01. The van der Waals surface area contributed by atoms with Crippen LogP contribution >= 0.6 is 23.2 Å². The zero-order valence-electron chi connectivity index (χ0n) is 10.4. The SMILES string of the molecule is O=C(Cc1ccc(Cl)cc1Cl)C1CCCCCC1. The Bertz CT molecular complexity index is 421. The van der Waals surface area contributed by atoms with Crippen LogP contribution in [0, 0.1) is 5.92 Å². The van der Waals surface area contributed by atoms with Crippen molar-refractivity contribution >= 4 is 29.0 Å². The molecule has 0 saturated heterocycles. The number of hydrogen-bond acceptors (Lipinski definition) is 1. The number of carbonyl (C=O) groups excluding carboxylic acids is 1. The Morgan fingerprint density at radius 1 is 1.11 bits per heavy atom. The van der Waals surface area contributed by atoms with E-state index in [1.165, 1.54) is 25.7 Å². The lowest BCUT2D eigenvalue weighted by molar-refractivity contribution is -0.122. The van der Waals surface area contributed by atoms with Crippen LogP contribution in [-0.4, -0.2) is 5.78 Å². The van der Waals surface area contributed by atoms with Gasteiger partial charge in [0.2, 0.25) is 0 Å². The largest absolute Gasteiger partial charge is 0.299 e. The topological polar surface area (TPSA) is 17.1 Å². The minimum absolute atomic E-state index is 0.235. The fourth-order valence-corrected chi connectivity index (χ4v) is 3.07. The summed E-state index contributed by atoms with van der Waals surface area (Å²) in [5, 5.41) is 1.22. The second kappa shape index (κ2) is 6.58. The minimum atomic E-state index is 0.235. The molecule has 0 unspecified atom stereocenters. The van der Waals surface area contributed by atoms with Gasteiger partial charge < -0.3 is 0 Å². The van der Waals surface area contributed by atoms with Gasteiger partial charge in [0.05, 0.1) is 0 Å². The Morgan fingerprint density at radius 2 is 1.78 bits per heavy atom. The van der Waals surface area contributed by atoms with Crippen LogP contribution in [0.1, 0.15) is 44.1 Å². The van der Waals surface area contributed by atoms with Crippen molar-refractivity contribution in [2.45, 2.75) is 44.9 Å². The maximum Gasteiger partial charge on any atom is 0.140 e. The monoisotopic (exact) mass is 284 g/mol. The Labute approximate surface area is 118 Å². The third-order valence-electron chi connectivity index (χ3n) is 3.69. The molecule has 0 amide bonds. The molecule has 98 valence electrons. The average Bonchev–Trinajstić information content (AvgIpc) is 2.61. The molecule has 0 atom stereocenters. The molecule has 1 aromatic rings. The van der Waals surface area contributed by atoms with Crippen LogP contribution in [0.5, 0.6) is 0 Å². The highest BCUT2D eigenvalue weighted by Gasteiger charge is 2.20. The summed E-state index contributed by atoms with van der Waals surface area (Å²) < 4.78 is 0. The van der Waals surface area contributed by atoms with Crippen molar-refractivity contribution < 1.29 is 4.79 Å². The fraction of sp³-hybridized carbons (Fsp3) is 0.533. The van der Waals surface area contributed by atoms with E-state index in [0.717, 1.165) is 18.4 Å². The van der Waals surface area contributed by atoms with Crippen molar-refractivity contribution in [1.29, 1.82) is 0 Å². The lowest BCUT2D eigenvalue weighted by Gasteiger charge is -2.13. The van der Waals surface area contributed by atoms with Crippen LogP contribution in [0.3, 0.4) is 0 Å². The molecule has 0 spiro atoms. The molecule has 1 saturated carbocycles. The molecule has 0 N–H and O–H groups in total. The van der Waals surface area contributed by atoms with Crippen molar-refractivity contribution in [3.63, 3.8) is 0 Å². The van der Waals surface area contributed by atoms with Crippen molar-refractivity contribution in [3.05, 3.63) is 33.8 Å². The van der Waals surface area contributed by atoms with Gasteiger partial charge in [0.15, 0.2) is 0 Å². The molecule has 18 heavy (non-hydrogen) atoms. The number of hydrogen-bond donors (Lipinski definition) is 0. The molecule has 1 aromatic carbocycles. The Hall–Kier alpha value is -0.530. The molecule has 1 fully saturated rings. The molecule has 2 rings (SSSR count). The number of Topliss-reactive ketones (excluding diaryl/α,β-unsaturated/α-hetero) is 1. The van der Waals surface area contributed by atoms with E-state index < -0.39 is 0 Å². The third kappa shape index (κ3) is 3.73. The van der Waals surface area contributed by atoms with Gasteiger partial charge >= 0.3 is 0 Å². The smallest absolute Gasteiger partial charge is 0.140 e. The van der Waals surface area contributed by atoms with Crippen LogP contribution in [0.4, 0.5) is 0 Å². The van der Waals surface area contributed by atoms with Gasteiger partial charge in [-0.05, 0) is 30.5 Å². The first-order chi connectivity index (χ1) is 8.66. The number of carbonyl (C=O) groups is 1. The van der Waals surface area contributed by atoms with Crippen LogP contribution in [0.25, 0.3) is 0 Å². The Morgan fingerprint density at radius 3 is 2.39 bits per heavy atom. The average molecular weight is 285 g/mol. The standard InChI is InChI=1S/C15H18Cl2O/c16-13-8-7-12(14(17)10-13)9-15(18)11-5-3-1-2-4-6-11/h7-8,10-11H,1-6,9H2. The van der Waals surface area contributed by atoms with Gasteiger partial charge in [0, 0.05) is 22.4 Å². The maximum atomic E-state index is 12.3. The summed E-state index contributed by atoms with van der Waals surface area (Å²) >= 11 is 12.0. The summed E-state index contributed by atoms with van der Waals surface area (Å²) in [5.74, 6) is 0.570. The van der Waals surface area contributed by atoms with Crippen molar-refractivity contribution in [2.75, 3.05) is 0 Å². The first-order valence-electron chi connectivity index (χ1n) is 6.63. The second-order valence-corrected chi connectivity index (χ2v) is 5.91. The van der Waals surface area contributed by atoms with Gasteiger partial charge in [0.1, 0.15) is 5.78 Å². The van der Waals surface area contributed by atoms with Gasteiger partial charge in [-0.1, -0.05) is 55.0 Å². The first-order valence-corrected chi connectivity index (χ1v) is 7.39. The van der Waals surface area contributed by atoms with Crippen molar-refractivity contribution in [1.82, 2.24) is 0 Å². The number of ketones is 1. The van der Waals surface area contributed by atoms with Crippen molar-refractivity contribution in [3.8, 4) is 0 Å². The lowest BCUT2D eigenvalue weighted by Crippen LogP contribution is -2.16. The van der Waals surface area contributed by atoms with Crippen LogP contribution in [-0.2, 0) is 11.2 Å². The van der Waals surface area contributed by atoms with Crippen LogP contribution in [0.2, 0.25) is 10.0 Å². The zero-order valence-corrected chi connectivity index (χ0v) is 11.9. The fourth-order valence-electron chi connectivity index (χ4n) is 2.60. The van der Waals surface area contributed by atoms with E-state index in [1.807, 2.05) is 6.07 Å². The van der Waals surface area contributed by atoms with Crippen LogP contribution < -0.4 is 0 Å². The number of rotatable bonds is 3. The molecule has 3 heteroatoms. The predicted molar refractivity (Wildman–Crippen MR) is 76.4 cm³/mol. The molecular formula is C15H18Cl2O. The first kappa shape index (κ1) is 13.9. The Kier molecular flexibility index (Phi) is 5.08. The summed E-state index contributed by atoms with van der Waals surface area (Å²) in [5.41, 5.74) is 0.898. The molecule has 0 heterocycles.